The molecule has 0 amide bonds. The van der Waals surface area contributed by atoms with Gasteiger partial charge in [0.25, 0.3) is 15.7 Å². The molecule has 28 heavy (non-hydrogen) atoms. The van der Waals surface area contributed by atoms with Gasteiger partial charge in [-0.3, -0.25) is 19.6 Å². The summed E-state index contributed by atoms with van der Waals surface area (Å²) in [7, 11) is -4.26. The zero-order valence-corrected chi connectivity index (χ0v) is 17.2. The Morgan fingerprint density at radius 1 is 1.29 bits per heavy atom. The number of nitro benzene ring substituents is 1. The largest absolute Gasteiger partial charge is 0.462 e. The molecule has 0 aliphatic rings. The van der Waals surface area contributed by atoms with Crippen LogP contribution in [0.3, 0.4) is 0 Å². The van der Waals surface area contributed by atoms with Crippen molar-refractivity contribution in [3.05, 3.63) is 49.9 Å². The minimum Gasteiger partial charge on any atom is -0.462 e. The van der Waals surface area contributed by atoms with Crippen molar-refractivity contribution in [2.45, 2.75) is 32.6 Å². The molecule has 0 radical (unpaired) electrons. The first kappa shape index (κ1) is 21.5. The van der Waals surface area contributed by atoms with E-state index in [4.69, 9.17) is 4.74 Å². The number of anilines is 1. The summed E-state index contributed by atoms with van der Waals surface area (Å²) >= 11 is 0.812. The summed E-state index contributed by atoms with van der Waals surface area (Å²) < 4.78 is 33.0. The Bertz CT molecular complexity index is 1070. The van der Waals surface area contributed by atoms with Crippen LogP contribution in [0.4, 0.5) is 10.7 Å². The molecular formula is C17H18N2O7S2. The molecule has 1 aromatic heterocycles. The number of non-ortho nitro benzene ring substituents is 1. The first-order valence-corrected chi connectivity index (χ1v) is 10.4. The number of Topliss-reactive ketones (excluding diaryl/α,β-unsaturated/α-hetero) is 1. The van der Waals surface area contributed by atoms with Crippen LogP contribution in [0.5, 0.6) is 0 Å². The van der Waals surface area contributed by atoms with Crippen molar-refractivity contribution < 1.29 is 27.7 Å². The Kier molecular flexibility index (Phi) is 6.20. The zero-order valence-electron chi connectivity index (χ0n) is 15.6. The number of ether oxygens (including phenoxy) is 1. The Labute approximate surface area is 165 Å². The Balaban J connectivity index is 2.59. The van der Waals surface area contributed by atoms with Gasteiger partial charge in [-0.05, 0) is 38.8 Å². The number of nitro groups is 1. The molecule has 0 unspecified atom stereocenters. The molecule has 0 atom stereocenters. The molecule has 2 rings (SSSR count). The van der Waals surface area contributed by atoms with Crippen molar-refractivity contribution in [3.8, 4) is 0 Å². The monoisotopic (exact) mass is 426 g/mol. The van der Waals surface area contributed by atoms with E-state index in [1.165, 1.54) is 32.9 Å². The summed E-state index contributed by atoms with van der Waals surface area (Å²) in [5, 5.41) is 10.9. The van der Waals surface area contributed by atoms with Gasteiger partial charge < -0.3 is 4.74 Å². The molecule has 1 heterocycles. The number of ketones is 1. The van der Waals surface area contributed by atoms with Crippen molar-refractivity contribution in [1.29, 1.82) is 0 Å². The van der Waals surface area contributed by atoms with E-state index in [-0.39, 0.29) is 44.0 Å². The topological polar surface area (TPSA) is 133 Å². The number of hydrogen-bond acceptors (Lipinski definition) is 8. The first-order chi connectivity index (χ1) is 13.0. The molecule has 1 aromatic carbocycles. The fourth-order valence-electron chi connectivity index (χ4n) is 2.54. The van der Waals surface area contributed by atoms with Crippen molar-refractivity contribution in [2.24, 2.45) is 0 Å². The van der Waals surface area contributed by atoms with Crippen LogP contribution in [-0.4, -0.2) is 31.7 Å². The first-order valence-electron chi connectivity index (χ1n) is 8.08. The predicted octanol–water partition coefficient (Wildman–Crippen LogP) is 3.45. The Morgan fingerprint density at radius 2 is 1.93 bits per heavy atom. The van der Waals surface area contributed by atoms with Crippen molar-refractivity contribution in [1.82, 2.24) is 0 Å². The van der Waals surface area contributed by atoms with Crippen LogP contribution in [0.25, 0.3) is 0 Å². The molecule has 0 bridgehead atoms. The number of nitrogens with zero attached hydrogens (tertiary/aromatic N) is 1. The minimum atomic E-state index is -4.26. The van der Waals surface area contributed by atoms with Gasteiger partial charge in [0.05, 0.1) is 26.9 Å². The summed E-state index contributed by atoms with van der Waals surface area (Å²) in [6, 6.07) is 3.45. The van der Waals surface area contributed by atoms with E-state index in [1.807, 2.05) is 0 Å². The highest BCUT2D eigenvalue weighted by atomic mass is 32.2. The fraction of sp³-hybridized carbons (Fsp3) is 0.294. The molecule has 0 aliphatic heterocycles. The average molecular weight is 426 g/mol. The molecule has 0 aliphatic carbocycles. The van der Waals surface area contributed by atoms with Gasteiger partial charge in [0.1, 0.15) is 5.00 Å². The van der Waals surface area contributed by atoms with Crippen LogP contribution in [0.1, 0.15) is 45.0 Å². The maximum atomic E-state index is 12.9. The molecule has 0 spiro atoms. The molecule has 0 saturated heterocycles. The van der Waals surface area contributed by atoms with E-state index in [0.29, 0.717) is 5.56 Å². The SMILES string of the molecule is CCOC(=O)c1c(NS(=O)(=O)c2cc([N+](=O)[O-])ccc2C)sc(C(C)=O)c1C. The Hall–Kier alpha value is -2.79. The van der Waals surface area contributed by atoms with Crippen molar-refractivity contribution >= 4 is 43.8 Å². The third-order valence-electron chi connectivity index (χ3n) is 3.85. The highest BCUT2D eigenvalue weighted by Gasteiger charge is 2.28. The van der Waals surface area contributed by atoms with Gasteiger partial charge in [-0.2, -0.15) is 0 Å². The van der Waals surface area contributed by atoms with E-state index >= 15 is 0 Å². The normalized spacial score (nSPS) is 11.1. The highest BCUT2D eigenvalue weighted by Crippen LogP contribution is 2.36. The maximum absolute atomic E-state index is 12.9. The molecule has 11 heteroatoms. The number of esters is 1. The summed E-state index contributed by atoms with van der Waals surface area (Å²) in [5.41, 5.74) is 0.160. The lowest BCUT2D eigenvalue weighted by molar-refractivity contribution is -0.385. The number of hydrogen-bond donors (Lipinski definition) is 1. The second kappa shape index (κ2) is 8.07. The van der Waals surface area contributed by atoms with Gasteiger partial charge in [0.2, 0.25) is 0 Å². The van der Waals surface area contributed by atoms with Gasteiger partial charge in [-0.1, -0.05) is 6.07 Å². The van der Waals surface area contributed by atoms with Crippen LogP contribution in [-0.2, 0) is 14.8 Å². The van der Waals surface area contributed by atoms with Crippen LogP contribution >= 0.6 is 11.3 Å². The molecule has 1 N–H and O–H groups in total. The van der Waals surface area contributed by atoms with Gasteiger partial charge in [-0.15, -0.1) is 11.3 Å². The fourth-order valence-corrected chi connectivity index (χ4v) is 5.20. The number of nitrogens with one attached hydrogen (secondary N) is 1. The maximum Gasteiger partial charge on any atom is 0.341 e. The van der Waals surface area contributed by atoms with Gasteiger partial charge in [0, 0.05) is 12.1 Å². The molecular weight excluding hydrogens is 408 g/mol. The number of rotatable bonds is 7. The van der Waals surface area contributed by atoms with Gasteiger partial charge in [-0.25, -0.2) is 13.2 Å². The zero-order chi connectivity index (χ0) is 21.2. The van der Waals surface area contributed by atoms with E-state index in [1.54, 1.807) is 6.92 Å². The number of benzene rings is 1. The molecule has 150 valence electrons. The summed E-state index contributed by atoms with van der Waals surface area (Å²) in [6.45, 7) is 5.99. The lowest BCUT2D eigenvalue weighted by atomic mass is 10.1. The second-order valence-corrected chi connectivity index (χ2v) is 8.52. The number of sulfonamides is 1. The van der Waals surface area contributed by atoms with Crippen molar-refractivity contribution in [3.63, 3.8) is 0 Å². The predicted molar refractivity (Wildman–Crippen MR) is 104 cm³/mol. The lowest BCUT2D eigenvalue weighted by Gasteiger charge is -2.11. The smallest absolute Gasteiger partial charge is 0.341 e. The minimum absolute atomic E-state index is 0.0521. The van der Waals surface area contributed by atoms with Crippen LogP contribution < -0.4 is 4.72 Å². The number of aryl methyl sites for hydroxylation is 1. The molecule has 0 fully saturated rings. The number of carbonyl (C=O) groups excluding carboxylic acids is 2. The van der Waals surface area contributed by atoms with Crippen LogP contribution in [0.2, 0.25) is 0 Å². The van der Waals surface area contributed by atoms with Gasteiger partial charge in [0.15, 0.2) is 5.78 Å². The Morgan fingerprint density at radius 3 is 2.46 bits per heavy atom. The third-order valence-corrected chi connectivity index (χ3v) is 6.77. The number of carbonyl (C=O) groups is 2. The van der Waals surface area contributed by atoms with Crippen LogP contribution in [0, 0.1) is 24.0 Å². The van der Waals surface area contributed by atoms with Gasteiger partial charge >= 0.3 is 5.97 Å². The van der Waals surface area contributed by atoms with Crippen molar-refractivity contribution in [2.75, 3.05) is 11.3 Å². The second-order valence-electron chi connectivity index (χ2n) is 5.85. The summed E-state index contributed by atoms with van der Waals surface area (Å²) in [5.74, 6) is -1.10. The van der Waals surface area contributed by atoms with E-state index in [9.17, 15) is 28.1 Å². The molecule has 0 saturated carbocycles. The van der Waals surface area contributed by atoms with E-state index in [2.05, 4.69) is 4.72 Å². The molecule has 9 nitrogen and oxygen atoms in total. The lowest BCUT2D eigenvalue weighted by Crippen LogP contribution is -2.16. The number of thiophene rings is 1. The van der Waals surface area contributed by atoms with E-state index in [0.717, 1.165) is 17.4 Å². The summed E-state index contributed by atoms with van der Waals surface area (Å²) in [6.07, 6.45) is 0. The third kappa shape index (κ3) is 4.20. The highest BCUT2D eigenvalue weighted by molar-refractivity contribution is 7.93. The molecule has 2 aromatic rings. The average Bonchev–Trinajstić information content (AvgIpc) is 2.90. The quantitative estimate of drug-likeness (QED) is 0.310. The summed E-state index contributed by atoms with van der Waals surface area (Å²) in [4.78, 5) is 34.3. The standard InChI is InChI=1S/C17H18N2O7S2/c1-5-26-17(21)14-10(3)15(11(4)20)27-16(14)18-28(24,25)13-8-12(19(22)23)7-6-9(13)2/h6-8,18H,5H2,1-4H3. The van der Waals surface area contributed by atoms with E-state index < -0.39 is 20.9 Å². The van der Waals surface area contributed by atoms with Crippen LogP contribution in [0.15, 0.2) is 23.1 Å².